The Bertz CT molecular complexity index is 194. The first-order valence-electron chi connectivity index (χ1n) is 6.25. The maximum absolute atomic E-state index is 5.52. The van der Waals surface area contributed by atoms with Crippen LogP contribution in [0.25, 0.3) is 0 Å². The van der Waals surface area contributed by atoms with Crippen molar-refractivity contribution in [2.75, 3.05) is 26.3 Å². The highest BCUT2D eigenvalue weighted by Gasteiger charge is 2.39. The van der Waals surface area contributed by atoms with Crippen LogP contribution in [0.4, 0.5) is 0 Å². The first-order valence-corrected chi connectivity index (χ1v) is 6.25. The molecule has 0 radical (unpaired) electrons. The number of ether oxygens (including phenoxy) is 1. The number of hydrogen-bond donors (Lipinski definition) is 0. The topological polar surface area (TPSA) is 12.5 Å². The van der Waals surface area contributed by atoms with E-state index in [1.165, 1.54) is 45.2 Å². The minimum atomic E-state index is 0. The lowest BCUT2D eigenvalue weighted by Gasteiger charge is -2.31. The summed E-state index contributed by atoms with van der Waals surface area (Å²) in [6, 6.07) is 0.925. The van der Waals surface area contributed by atoms with E-state index in [2.05, 4.69) is 4.90 Å². The molecule has 1 saturated carbocycles. The maximum Gasteiger partial charge on any atom is 0.0510 e. The number of likely N-dealkylation sites (tertiary alicyclic amines) is 1. The highest BCUT2D eigenvalue weighted by atomic mass is 35.5. The summed E-state index contributed by atoms with van der Waals surface area (Å²) in [6.07, 6.45) is 7.32. The zero-order chi connectivity index (χ0) is 9.38. The van der Waals surface area contributed by atoms with Gasteiger partial charge in [-0.15, -0.1) is 12.4 Å². The van der Waals surface area contributed by atoms with Gasteiger partial charge in [0.05, 0.1) is 13.2 Å². The minimum absolute atomic E-state index is 0. The summed E-state index contributed by atoms with van der Waals surface area (Å²) in [6.45, 7) is 4.73. The van der Waals surface area contributed by atoms with Crippen molar-refractivity contribution in [2.45, 2.75) is 38.1 Å². The van der Waals surface area contributed by atoms with Crippen molar-refractivity contribution in [1.82, 2.24) is 4.90 Å². The van der Waals surface area contributed by atoms with Crippen molar-refractivity contribution in [2.24, 2.45) is 11.8 Å². The van der Waals surface area contributed by atoms with Gasteiger partial charge < -0.3 is 4.74 Å². The van der Waals surface area contributed by atoms with Crippen LogP contribution in [0.5, 0.6) is 0 Å². The molecular formula is C12H22ClNO. The maximum atomic E-state index is 5.52. The SMILES string of the molecule is C1CCC(N2CC3COCC3C2)CC1.Cl. The van der Waals surface area contributed by atoms with Crippen LogP contribution in [0.15, 0.2) is 0 Å². The van der Waals surface area contributed by atoms with Crippen LogP contribution in [0.3, 0.4) is 0 Å². The Balaban J connectivity index is 0.000000853. The van der Waals surface area contributed by atoms with E-state index in [1.807, 2.05) is 0 Å². The predicted molar refractivity (Wildman–Crippen MR) is 63.5 cm³/mol. The third-order valence-corrected chi connectivity index (χ3v) is 4.36. The molecule has 3 heteroatoms. The first-order chi connectivity index (χ1) is 6.93. The quantitative estimate of drug-likeness (QED) is 0.687. The molecule has 15 heavy (non-hydrogen) atoms. The van der Waals surface area contributed by atoms with E-state index >= 15 is 0 Å². The van der Waals surface area contributed by atoms with Crippen molar-refractivity contribution < 1.29 is 4.74 Å². The first kappa shape index (κ1) is 11.7. The molecule has 3 rings (SSSR count). The summed E-state index contributed by atoms with van der Waals surface area (Å²) in [7, 11) is 0. The van der Waals surface area contributed by atoms with Crippen molar-refractivity contribution >= 4 is 12.4 Å². The summed E-state index contributed by atoms with van der Waals surface area (Å²) in [5, 5.41) is 0. The Hall–Kier alpha value is 0.210. The molecule has 88 valence electrons. The van der Waals surface area contributed by atoms with Crippen LogP contribution < -0.4 is 0 Å². The fourth-order valence-corrected chi connectivity index (χ4v) is 3.47. The minimum Gasteiger partial charge on any atom is -0.381 e. The van der Waals surface area contributed by atoms with Gasteiger partial charge in [0.15, 0.2) is 0 Å². The number of rotatable bonds is 1. The molecule has 2 atom stereocenters. The van der Waals surface area contributed by atoms with Crippen LogP contribution in [-0.4, -0.2) is 37.2 Å². The van der Waals surface area contributed by atoms with Crippen molar-refractivity contribution in [3.63, 3.8) is 0 Å². The fraction of sp³-hybridized carbons (Fsp3) is 1.00. The normalized spacial score (nSPS) is 37.6. The van der Waals surface area contributed by atoms with E-state index < -0.39 is 0 Å². The molecule has 0 N–H and O–H groups in total. The molecule has 0 spiro atoms. The molecule has 3 aliphatic rings. The van der Waals surface area contributed by atoms with Gasteiger partial charge in [0.25, 0.3) is 0 Å². The highest BCUT2D eigenvalue weighted by Crippen LogP contribution is 2.33. The average Bonchev–Trinajstić information content (AvgIpc) is 2.78. The molecule has 0 aromatic rings. The third kappa shape index (κ3) is 2.32. The molecule has 1 aliphatic carbocycles. The number of nitrogens with zero attached hydrogens (tertiary/aromatic N) is 1. The smallest absolute Gasteiger partial charge is 0.0510 e. The van der Waals surface area contributed by atoms with E-state index in [0.717, 1.165) is 31.1 Å². The molecule has 3 fully saturated rings. The molecule has 2 unspecified atom stereocenters. The van der Waals surface area contributed by atoms with Gasteiger partial charge in [0.2, 0.25) is 0 Å². The van der Waals surface area contributed by atoms with Gasteiger partial charge in [0.1, 0.15) is 0 Å². The molecule has 0 amide bonds. The molecule has 2 heterocycles. The summed E-state index contributed by atoms with van der Waals surface area (Å²) in [5.41, 5.74) is 0. The lowest BCUT2D eigenvalue weighted by atomic mass is 9.94. The lowest BCUT2D eigenvalue weighted by Crippen LogP contribution is -2.36. The van der Waals surface area contributed by atoms with Gasteiger partial charge >= 0.3 is 0 Å². The second-order valence-electron chi connectivity index (χ2n) is 5.30. The van der Waals surface area contributed by atoms with Gasteiger partial charge in [0, 0.05) is 31.0 Å². The number of hydrogen-bond acceptors (Lipinski definition) is 2. The predicted octanol–water partition coefficient (Wildman–Crippen LogP) is 2.32. The second kappa shape index (κ2) is 5.03. The largest absolute Gasteiger partial charge is 0.381 e. The van der Waals surface area contributed by atoms with Crippen molar-refractivity contribution in [3.8, 4) is 0 Å². The average molecular weight is 232 g/mol. The van der Waals surface area contributed by atoms with Crippen molar-refractivity contribution in [3.05, 3.63) is 0 Å². The van der Waals surface area contributed by atoms with E-state index in [0.29, 0.717) is 0 Å². The molecule has 2 saturated heterocycles. The zero-order valence-electron chi connectivity index (χ0n) is 9.36. The summed E-state index contributed by atoms with van der Waals surface area (Å²) < 4.78 is 5.52. The van der Waals surface area contributed by atoms with Gasteiger partial charge in [-0.1, -0.05) is 19.3 Å². The van der Waals surface area contributed by atoms with Crippen LogP contribution in [-0.2, 0) is 4.74 Å². The zero-order valence-corrected chi connectivity index (χ0v) is 10.2. The molecule has 0 bridgehead atoms. The number of fused-ring (bicyclic) bond motifs is 1. The third-order valence-electron chi connectivity index (χ3n) is 4.36. The number of halogens is 1. The summed E-state index contributed by atoms with van der Waals surface area (Å²) >= 11 is 0. The van der Waals surface area contributed by atoms with Gasteiger partial charge in [-0.25, -0.2) is 0 Å². The highest BCUT2D eigenvalue weighted by molar-refractivity contribution is 5.85. The van der Waals surface area contributed by atoms with Crippen LogP contribution in [0, 0.1) is 11.8 Å². The van der Waals surface area contributed by atoms with Gasteiger partial charge in [-0.05, 0) is 12.8 Å². The van der Waals surface area contributed by atoms with E-state index in [1.54, 1.807) is 0 Å². The lowest BCUT2D eigenvalue weighted by molar-refractivity contribution is 0.125. The molecular weight excluding hydrogens is 210 g/mol. The molecule has 2 aliphatic heterocycles. The van der Waals surface area contributed by atoms with Gasteiger partial charge in [-0.2, -0.15) is 0 Å². The van der Waals surface area contributed by atoms with Gasteiger partial charge in [-0.3, -0.25) is 4.90 Å². The van der Waals surface area contributed by atoms with Crippen LogP contribution in [0.1, 0.15) is 32.1 Å². The van der Waals surface area contributed by atoms with Crippen LogP contribution in [0.2, 0.25) is 0 Å². The standard InChI is InChI=1S/C12H21NO.ClH/c1-2-4-12(5-3-1)13-6-10-8-14-9-11(10)7-13;/h10-12H,1-9H2;1H. The summed E-state index contributed by atoms with van der Waals surface area (Å²) in [5.74, 6) is 1.74. The van der Waals surface area contributed by atoms with Crippen LogP contribution >= 0.6 is 12.4 Å². The monoisotopic (exact) mass is 231 g/mol. The summed E-state index contributed by atoms with van der Waals surface area (Å²) in [4.78, 5) is 2.76. The fourth-order valence-electron chi connectivity index (χ4n) is 3.47. The second-order valence-corrected chi connectivity index (χ2v) is 5.30. The van der Waals surface area contributed by atoms with E-state index in [9.17, 15) is 0 Å². The molecule has 2 nitrogen and oxygen atoms in total. The van der Waals surface area contributed by atoms with E-state index in [-0.39, 0.29) is 12.4 Å². The Morgan fingerprint density at radius 2 is 1.47 bits per heavy atom. The Morgan fingerprint density at radius 1 is 0.867 bits per heavy atom. The van der Waals surface area contributed by atoms with Crippen molar-refractivity contribution in [1.29, 1.82) is 0 Å². The Kier molecular flexibility index (Phi) is 3.92. The molecule has 0 aromatic carbocycles. The molecule has 0 aromatic heterocycles. The Labute approximate surface area is 98.8 Å². The van der Waals surface area contributed by atoms with E-state index in [4.69, 9.17) is 4.74 Å². The Morgan fingerprint density at radius 3 is 2.07 bits per heavy atom.